The summed E-state index contributed by atoms with van der Waals surface area (Å²) < 4.78 is 5.02. The molecule has 0 radical (unpaired) electrons. The number of carbonyl (C=O) groups is 4. The van der Waals surface area contributed by atoms with Crippen LogP contribution in [0.4, 0.5) is 0 Å². The maximum atomic E-state index is 12.3. The number of esters is 1. The smallest absolute Gasteiger partial charge is 0.311 e. The lowest BCUT2D eigenvalue weighted by Crippen LogP contribution is -2.35. The van der Waals surface area contributed by atoms with Gasteiger partial charge in [-0.2, -0.15) is 0 Å². The monoisotopic (exact) mass is 394 g/mol. The molecule has 1 heterocycles. The second-order valence-electron chi connectivity index (χ2n) is 6.88. The zero-order chi connectivity index (χ0) is 20.8. The molecule has 1 fully saturated rings. The van der Waals surface area contributed by atoms with Gasteiger partial charge in [-0.3, -0.25) is 24.5 Å². The van der Waals surface area contributed by atoms with E-state index in [1.54, 1.807) is 35.2 Å². The van der Waals surface area contributed by atoms with Gasteiger partial charge in [0.1, 0.15) is 0 Å². The van der Waals surface area contributed by atoms with Crippen LogP contribution in [0.15, 0.2) is 60.7 Å². The van der Waals surface area contributed by atoms with E-state index in [4.69, 9.17) is 4.74 Å². The van der Waals surface area contributed by atoms with E-state index in [1.807, 2.05) is 37.3 Å². The van der Waals surface area contributed by atoms with Gasteiger partial charge in [-0.15, -0.1) is 0 Å². The van der Waals surface area contributed by atoms with Crippen molar-refractivity contribution in [3.05, 3.63) is 71.8 Å². The van der Waals surface area contributed by atoms with Gasteiger partial charge in [0.15, 0.2) is 6.61 Å². The maximum Gasteiger partial charge on any atom is 0.311 e. The van der Waals surface area contributed by atoms with Crippen molar-refractivity contribution in [2.45, 2.75) is 19.4 Å². The summed E-state index contributed by atoms with van der Waals surface area (Å²) in [5.74, 6) is -2.67. The molecule has 29 heavy (non-hydrogen) atoms. The second-order valence-corrected chi connectivity index (χ2v) is 6.88. The lowest BCUT2D eigenvalue weighted by atomic mass is 10.1. The Kier molecular flexibility index (Phi) is 6.39. The van der Waals surface area contributed by atoms with Crippen molar-refractivity contribution in [2.24, 2.45) is 5.92 Å². The third-order valence-electron chi connectivity index (χ3n) is 4.88. The fourth-order valence-corrected chi connectivity index (χ4v) is 3.25. The number of hydrogen-bond acceptors (Lipinski definition) is 5. The highest BCUT2D eigenvalue weighted by Gasteiger charge is 2.38. The highest BCUT2D eigenvalue weighted by molar-refractivity contribution is 6.05. The summed E-state index contributed by atoms with van der Waals surface area (Å²) in [5, 5.41) is 2.17. The van der Waals surface area contributed by atoms with Gasteiger partial charge in [0.05, 0.1) is 12.0 Å². The predicted octanol–water partition coefficient (Wildman–Crippen LogP) is 2.10. The SMILES string of the molecule is C[C@H](c1ccccc1)N1C[C@H](C(=O)OCC(=O)NC(=O)c2ccccc2)CC1=O. The molecular formula is C22H22N2O5. The van der Waals surface area contributed by atoms with Gasteiger partial charge in [0.2, 0.25) is 5.91 Å². The molecule has 0 aliphatic carbocycles. The van der Waals surface area contributed by atoms with E-state index >= 15 is 0 Å². The van der Waals surface area contributed by atoms with Crippen LogP contribution >= 0.6 is 0 Å². The molecule has 1 saturated heterocycles. The molecule has 1 aliphatic rings. The number of rotatable bonds is 6. The molecule has 7 nitrogen and oxygen atoms in total. The van der Waals surface area contributed by atoms with Crippen molar-refractivity contribution in [3.8, 4) is 0 Å². The molecule has 1 N–H and O–H groups in total. The molecule has 0 unspecified atom stereocenters. The molecule has 0 saturated carbocycles. The van der Waals surface area contributed by atoms with E-state index in [2.05, 4.69) is 5.32 Å². The van der Waals surface area contributed by atoms with Crippen molar-refractivity contribution in [1.82, 2.24) is 10.2 Å². The highest BCUT2D eigenvalue weighted by Crippen LogP contribution is 2.28. The molecule has 3 rings (SSSR count). The van der Waals surface area contributed by atoms with E-state index in [-0.39, 0.29) is 24.9 Å². The Morgan fingerprint density at radius 2 is 1.69 bits per heavy atom. The predicted molar refractivity (Wildman–Crippen MR) is 105 cm³/mol. The van der Waals surface area contributed by atoms with E-state index in [9.17, 15) is 19.2 Å². The Bertz CT molecular complexity index is 898. The number of likely N-dealkylation sites (tertiary alicyclic amines) is 1. The zero-order valence-electron chi connectivity index (χ0n) is 16.0. The Balaban J connectivity index is 1.49. The van der Waals surface area contributed by atoms with Crippen LogP contribution < -0.4 is 5.32 Å². The summed E-state index contributed by atoms with van der Waals surface area (Å²) in [4.78, 5) is 50.1. The van der Waals surface area contributed by atoms with Crippen molar-refractivity contribution in [2.75, 3.05) is 13.2 Å². The summed E-state index contributed by atoms with van der Waals surface area (Å²) >= 11 is 0. The quantitative estimate of drug-likeness (QED) is 0.758. The van der Waals surface area contributed by atoms with E-state index in [1.165, 1.54) is 0 Å². The van der Waals surface area contributed by atoms with Gasteiger partial charge in [0, 0.05) is 18.5 Å². The van der Waals surface area contributed by atoms with Crippen LogP contribution in [0.25, 0.3) is 0 Å². The topological polar surface area (TPSA) is 92.8 Å². The van der Waals surface area contributed by atoms with Crippen molar-refractivity contribution in [3.63, 3.8) is 0 Å². The van der Waals surface area contributed by atoms with Gasteiger partial charge < -0.3 is 9.64 Å². The van der Waals surface area contributed by atoms with Gasteiger partial charge in [-0.25, -0.2) is 0 Å². The summed E-state index contributed by atoms with van der Waals surface area (Å²) in [7, 11) is 0. The number of amides is 3. The second kappa shape index (κ2) is 9.14. The minimum absolute atomic E-state index is 0.0422. The number of benzene rings is 2. The van der Waals surface area contributed by atoms with Crippen LogP contribution in [-0.4, -0.2) is 41.7 Å². The molecule has 2 aromatic carbocycles. The van der Waals surface area contributed by atoms with Crippen LogP contribution in [0.3, 0.4) is 0 Å². The summed E-state index contributed by atoms with van der Waals surface area (Å²) in [5.41, 5.74) is 1.31. The Morgan fingerprint density at radius 3 is 2.34 bits per heavy atom. The highest BCUT2D eigenvalue weighted by atomic mass is 16.5. The Morgan fingerprint density at radius 1 is 1.07 bits per heavy atom. The van der Waals surface area contributed by atoms with E-state index in [0.29, 0.717) is 5.56 Å². The number of nitrogens with one attached hydrogen (secondary N) is 1. The summed E-state index contributed by atoms with van der Waals surface area (Å²) in [6.07, 6.45) is 0.0422. The molecular weight excluding hydrogens is 372 g/mol. The third-order valence-corrected chi connectivity index (χ3v) is 4.88. The average Bonchev–Trinajstić information content (AvgIpc) is 3.14. The van der Waals surface area contributed by atoms with E-state index < -0.39 is 30.3 Å². The van der Waals surface area contributed by atoms with Gasteiger partial charge in [-0.05, 0) is 24.6 Å². The lowest BCUT2D eigenvalue weighted by molar-refractivity contribution is -0.152. The molecule has 0 bridgehead atoms. The number of hydrogen-bond donors (Lipinski definition) is 1. The third kappa shape index (κ3) is 5.07. The van der Waals surface area contributed by atoms with Gasteiger partial charge in [-0.1, -0.05) is 48.5 Å². The first-order valence-electron chi connectivity index (χ1n) is 9.36. The average molecular weight is 394 g/mol. The van der Waals surface area contributed by atoms with Crippen LogP contribution in [0.1, 0.15) is 35.3 Å². The van der Waals surface area contributed by atoms with Crippen LogP contribution in [-0.2, 0) is 19.1 Å². The molecule has 2 atom stereocenters. The zero-order valence-corrected chi connectivity index (χ0v) is 16.0. The molecule has 3 amide bonds. The van der Waals surface area contributed by atoms with Crippen molar-refractivity contribution >= 4 is 23.7 Å². The molecule has 0 spiro atoms. The fraction of sp³-hybridized carbons (Fsp3) is 0.273. The molecule has 1 aliphatic heterocycles. The fourth-order valence-electron chi connectivity index (χ4n) is 3.25. The van der Waals surface area contributed by atoms with Gasteiger partial charge in [0.25, 0.3) is 11.8 Å². The Labute approximate surface area is 168 Å². The standard InChI is InChI=1S/C22H22N2O5/c1-15(16-8-4-2-5-9-16)24-13-18(12-20(24)26)22(28)29-14-19(25)23-21(27)17-10-6-3-7-11-17/h2-11,15,18H,12-14H2,1H3,(H,23,25,27)/t15-,18-/m1/s1. The minimum atomic E-state index is -0.717. The molecule has 2 aromatic rings. The number of carbonyl (C=O) groups excluding carboxylic acids is 4. The number of nitrogens with zero attached hydrogens (tertiary/aromatic N) is 1. The number of imide groups is 1. The first kappa shape index (κ1) is 20.3. The van der Waals surface area contributed by atoms with Crippen molar-refractivity contribution < 1.29 is 23.9 Å². The maximum absolute atomic E-state index is 12.3. The minimum Gasteiger partial charge on any atom is -0.455 e. The van der Waals surface area contributed by atoms with E-state index in [0.717, 1.165) is 5.56 Å². The molecule has 7 heteroatoms. The van der Waals surface area contributed by atoms with Crippen LogP contribution in [0.5, 0.6) is 0 Å². The first-order chi connectivity index (χ1) is 14.0. The normalized spacial score (nSPS) is 16.9. The molecule has 0 aromatic heterocycles. The summed E-state index contributed by atoms with van der Waals surface area (Å²) in [6.45, 7) is 1.57. The van der Waals surface area contributed by atoms with Crippen LogP contribution in [0.2, 0.25) is 0 Å². The number of ether oxygens (including phenoxy) is 1. The molecule has 150 valence electrons. The van der Waals surface area contributed by atoms with Crippen LogP contribution in [0, 0.1) is 5.92 Å². The largest absolute Gasteiger partial charge is 0.455 e. The lowest BCUT2D eigenvalue weighted by Gasteiger charge is -2.25. The first-order valence-corrected chi connectivity index (χ1v) is 9.36. The van der Waals surface area contributed by atoms with Crippen molar-refractivity contribution in [1.29, 1.82) is 0 Å². The summed E-state index contributed by atoms with van der Waals surface area (Å²) in [6, 6.07) is 17.6. The Hall–Kier alpha value is -3.48. The van der Waals surface area contributed by atoms with Gasteiger partial charge >= 0.3 is 5.97 Å².